The molecule has 0 radical (unpaired) electrons. The number of primary amides is 1. The molecule has 0 aliphatic carbocycles. The lowest BCUT2D eigenvalue weighted by molar-refractivity contribution is -0.140. The van der Waals surface area contributed by atoms with Crippen molar-refractivity contribution in [2.75, 3.05) is 13.7 Å². The molecule has 5 nitrogen and oxygen atoms in total. The molecule has 98 valence electrons. The van der Waals surface area contributed by atoms with E-state index in [-0.39, 0.29) is 12.5 Å². The van der Waals surface area contributed by atoms with Gasteiger partial charge in [0.15, 0.2) is 0 Å². The Labute approximate surface area is 107 Å². The van der Waals surface area contributed by atoms with E-state index in [4.69, 9.17) is 10.5 Å². The maximum absolute atomic E-state index is 11.6. The van der Waals surface area contributed by atoms with Gasteiger partial charge in [0.05, 0.1) is 6.61 Å². The van der Waals surface area contributed by atoms with Gasteiger partial charge < -0.3 is 15.4 Å². The van der Waals surface area contributed by atoms with Crippen molar-refractivity contribution in [1.29, 1.82) is 0 Å². The second kappa shape index (κ2) is 6.76. The van der Waals surface area contributed by atoms with Crippen LogP contribution in [-0.2, 0) is 20.9 Å². The van der Waals surface area contributed by atoms with Crippen LogP contribution in [0.4, 0.5) is 0 Å². The highest BCUT2D eigenvalue weighted by Crippen LogP contribution is 2.09. The first-order valence-electron chi connectivity index (χ1n) is 5.65. The Morgan fingerprint density at radius 3 is 2.39 bits per heavy atom. The molecule has 0 bridgehead atoms. The quantitative estimate of drug-likeness (QED) is 0.800. The third-order valence-corrected chi connectivity index (χ3v) is 2.63. The second-order valence-corrected chi connectivity index (χ2v) is 4.01. The summed E-state index contributed by atoms with van der Waals surface area (Å²) in [5.74, 6) is -0.775. The fourth-order valence-electron chi connectivity index (χ4n) is 1.70. The number of amides is 2. The number of hydrogen-bond acceptors (Lipinski definition) is 3. The average molecular weight is 250 g/mol. The van der Waals surface area contributed by atoms with Gasteiger partial charge in [-0.1, -0.05) is 30.3 Å². The van der Waals surface area contributed by atoms with Crippen LogP contribution < -0.4 is 5.73 Å². The SMILES string of the molecule is COCC(C(N)=O)N(Cc1ccccc1)C(C)=O. The van der Waals surface area contributed by atoms with Crippen molar-refractivity contribution in [1.82, 2.24) is 4.90 Å². The summed E-state index contributed by atoms with van der Waals surface area (Å²) in [6, 6.07) is 8.68. The molecule has 0 saturated carbocycles. The van der Waals surface area contributed by atoms with Gasteiger partial charge in [0.2, 0.25) is 11.8 Å². The average Bonchev–Trinajstić information content (AvgIpc) is 2.34. The van der Waals surface area contributed by atoms with Gasteiger partial charge >= 0.3 is 0 Å². The lowest BCUT2D eigenvalue weighted by Gasteiger charge is -2.28. The highest BCUT2D eigenvalue weighted by atomic mass is 16.5. The van der Waals surface area contributed by atoms with E-state index in [0.29, 0.717) is 6.54 Å². The molecule has 5 heteroatoms. The number of nitrogens with zero attached hydrogens (tertiary/aromatic N) is 1. The summed E-state index contributed by atoms with van der Waals surface area (Å²) >= 11 is 0. The Morgan fingerprint density at radius 2 is 1.94 bits per heavy atom. The van der Waals surface area contributed by atoms with Crippen LogP contribution in [-0.4, -0.2) is 36.5 Å². The smallest absolute Gasteiger partial charge is 0.242 e. The number of nitrogens with two attached hydrogens (primary N) is 1. The van der Waals surface area contributed by atoms with Gasteiger partial charge in [0.1, 0.15) is 6.04 Å². The van der Waals surface area contributed by atoms with Crippen LogP contribution in [0.2, 0.25) is 0 Å². The van der Waals surface area contributed by atoms with Crippen molar-refractivity contribution in [3.8, 4) is 0 Å². The van der Waals surface area contributed by atoms with Crippen LogP contribution in [0.15, 0.2) is 30.3 Å². The molecule has 1 atom stereocenters. The maximum atomic E-state index is 11.6. The van der Waals surface area contributed by atoms with E-state index in [1.165, 1.54) is 18.9 Å². The zero-order valence-corrected chi connectivity index (χ0v) is 10.6. The zero-order valence-electron chi connectivity index (χ0n) is 10.6. The molecular formula is C13H18N2O3. The number of ether oxygens (including phenoxy) is 1. The predicted octanol–water partition coefficient (Wildman–Crippen LogP) is 0.535. The molecule has 18 heavy (non-hydrogen) atoms. The monoisotopic (exact) mass is 250 g/mol. The van der Waals surface area contributed by atoms with Crippen LogP contribution in [0, 0.1) is 0 Å². The van der Waals surface area contributed by atoms with Crippen molar-refractivity contribution >= 4 is 11.8 Å². The molecule has 1 rings (SSSR count). The minimum absolute atomic E-state index is 0.0990. The first-order chi connectivity index (χ1) is 8.56. The minimum atomic E-state index is -0.743. The van der Waals surface area contributed by atoms with Gasteiger partial charge in [-0.3, -0.25) is 9.59 Å². The molecule has 0 saturated heterocycles. The van der Waals surface area contributed by atoms with Crippen molar-refractivity contribution in [3.05, 3.63) is 35.9 Å². The van der Waals surface area contributed by atoms with Gasteiger partial charge in [-0.2, -0.15) is 0 Å². The molecule has 2 amide bonds. The molecule has 0 aliphatic rings. The zero-order chi connectivity index (χ0) is 13.5. The molecule has 0 heterocycles. The number of methoxy groups -OCH3 is 1. The van der Waals surface area contributed by atoms with E-state index < -0.39 is 11.9 Å². The standard InChI is InChI=1S/C13H18N2O3/c1-10(16)15(12(9-18-2)13(14)17)8-11-6-4-3-5-7-11/h3-7,12H,8-9H2,1-2H3,(H2,14,17). The van der Waals surface area contributed by atoms with E-state index in [1.807, 2.05) is 30.3 Å². The van der Waals surface area contributed by atoms with Crippen LogP contribution in [0.5, 0.6) is 0 Å². The van der Waals surface area contributed by atoms with E-state index in [0.717, 1.165) is 5.56 Å². The molecule has 1 aromatic rings. The summed E-state index contributed by atoms with van der Waals surface area (Å²) in [6.45, 7) is 1.85. The third-order valence-electron chi connectivity index (χ3n) is 2.63. The molecule has 0 fully saturated rings. The molecule has 1 aromatic carbocycles. The fourth-order valence-corrected chi connectivity index (χ4v) is 1.70. The normalized spacial score (nSPS) is 11.9. The third kappa shape index (κ3) is 3.85. The van der Waals surface area contributed by atoms with Crippen LogP contribution >= 0.6 is 0 Å². The largest absolute Gasteiger partial charge is 0.382 e. The van der Waals surface area contributed by atoms with E-state index >= 15 is 0 Å². The van der Waals surface area contributed by atoms with Crippen LogP contribution in [0.25, 0.3) is 0 Å². The highest BCUT2D eigenvalue weighted by molar-refractivity contribution is 5.85. The van der Waals surface area contributed by atoms with Gasteiger partial charge in [-0.25, -0.2) is 0 Å². The Bertz CT molecular complexity index is 406. The second-order valence-electron chi connectivity index (χ2n) is 4.01. The van der Waals surface area contributed by atoms with E-state index in [2.05, 4.69) is 0 Å². The number of benzene rings is 1. The molecule has 0 aliphatic heterocycles. The van der Waals surface area contributed by atoms with Crippen LogP contribution in [0.3, 0.4) is 0 Å². The molecule has 2 N–H and O–H groups in total. The Hall–Kier alpha value is -1.88. The van der Waals surface area contributed by atoms with Gasteiger partial charge in [0, 0.05) is 20.6 Å². The summed E-state index contributed by atoms with van der Waals surface area (Å²) in [5, 5.41) is 0. The Balaban J connectivity index is 2.87. The number of carbonyl (C=O) groups excluding carboxylic acids is 2. The topological polar surface area (TPSA) is 72.6 Å². The lowest BCUT2D eigenvalue weighted by Crippen LogP contribution is -2.49. The van der Waals surface area contributed by atoms with Crippen LogP contribution in [0.1, 0.15) is 12.5 Å². The number of rotatable bonds is 6. The summed E-state index contributed by atoms with van der Waals surface area (Å²) in [6.07, 6.45) is 0. The lowest BCUT2D eigenvalue weighted by atomic mass is 10.1. The van der Waals surface area contributed by atoms with E-state index in [1.54, 1.807) is 0 Å². The first kappa shape index (κ1) is 14.2. The fraction of sp³-hybridized carbons (Fsp3) is 0.385. The van der Waals surface area contributed by atoms with Crippen molar-refractivity contribution in [3.63, 3.8) is 0 Å². The molecule has 1 unspecified atom stereocenters. The summed E-state index contributed by atoms with van der Waals surface area (Å²) < 4.78 is 4.94. The number of hydrogen-bond donors (Lipinski definition) is 1. The van der Waals surface area contributed by atoms with Crippen molar-refractivity contribution in [2.24, 2.45) is 5.73 Å². The summed E-state index contributed by atoms with van der Waals surface area (Å²) in [5.41, 5.74) is 6.24. The van der Waals surface area contributed by atoms with Crippen molar-refractivity contribution in [2.45, 2.75) is 19.5 Å². The number of carbonyl (C=O) groups is 2. The first-order valence-corrected chi connectivity index (χ1v) is 5.65. The van der Waals surface area contributed by atoms with Gasteiger partial charge in [-0.15, -0.1) is 0 Å². The van der Waals surface area contributed by atoms with E-state index in [9.17, 15) is 9.59 Å². The Morgan fingerprint density at radius 1 is 1.33 bits per heavy atom. The molecule has 0 spiro atoms. The molecular weight excluding hydrogens is 232 g/mol. The summed E-state index contributed by atoms with van der Waals surface area (Å²) in [4.78, 5) is 24.4. The molecule has 0 aromatic heterocycles. The van der Waals surface area contributed by atoms with Gasteiger partial charge in [0.25, 0.3) is 0 Å². The van der Waals surface area contributed by atoms with Crippen molar-refractivity contribution < 1.29 is 14.3 Å². The maximum Gasteiger partial charge on any atom is 0.242 e. The Kier molecular flexibility index (Phi) is 5.32. The predicted molar refractivity (Wildman–Crippen MR) is 67.5 cm³/mol. The highest BCUT2D eigenvalue weighted by Gasteiger charge is 2.25. The summed E-state index contributed by atoms with van der Waals surface area (Å²) in [7, 11) is 1.47. The minimum Gasteiger partial charge on any atom is -0.382 e. The van der Waals surface area contributed by atoms with Gasteiger partial charge in [-0.05, 0) is 5.56 Å².